The maximum atomic E-state index is 4.45. The van der Waals surface area contributed by atoms with Gasteiger partial charge in [0.25, 0.3) is 0 Å². The van der Waals surface area contributed by atoms with Gasteiger partial charge in [0.1, 0.15) is 0 Å². The van der Waals surface area contributed by atoms with Gasteiger partial charge < -0.3 is 0 Å². The van der Waals surface area contributed by atoms with Crippen molar-refractivity contribution >= 4 is 0 Å². The Morgan fingerprint density at radius 2 is 1.52 bits per heavy atom. The molecule has 25 heavy (non-hydrogen) atoms. The molecule has 0 aliphatic rings. The summed E-state index contributed by atoms with van der Waals surface area (Å²) in [6.45, 7) is 8.74. The fourth-order valence-electron chi connectivity index (χ4n) is 2.65. The van der Waals surface area contributed by atoms with E-state index in [1.807, 2.05) is 24.4 Å². The molecule has 0 saturated heterocycles. The lowest BCUT2D eigenvalue weighted by Crippen LogP contribution is -2.10. The normalized spacial score (nSPS) is 10.9. The molecule has 3 rings (SSSR count). The van der Waals surface area contributed by atoms with Crippen molar-refractivity contribution < 1.29 is 0 Å². The minimum atomic E-state index is 0.168. The molecule has 124 valence electrons. The number of hydrogen-bond acceptors (Lipinski definition) is 1. The van der Waals surface area contributed by atoms with Crippen LogP contribution in [0.3, 0.4) is 0 Å². The zero-order valence-electron chi connectivity index (χ0n) is 15.3. The van der Waals surface area contributed by atoms with Crippen molar-refractivity contribution in [2.75, 3.05) is 0 Å². The van der Waals surface area contributed by atoms with Crippen LogP contribution in [0.25, 0.3) is 11.3 Å². The first-order chi connectivity index (χ1) is 11.9. The number of aromatic nitrogens is 1. The van der Waals surface area contributed by atoms with E-state index in [1.54, 1.807) is 0 Å². The third-order valence-electron chi connectivity index (χ3n) is 4.18. The average molecular weight is 325 g/mol. The highest BCUT2D eigenvalue weighted by Crippen LogP contribution is 2.22. The van der Waals surface area contributed by atoms with E-state index in [2.05, 4.69) is 87.0 Å². The summed E-state index contributed by atoms with van der Waals surface area (Å²) in [5.41, 5.74) is 6.82. The molecule has 1 aromatic heterocycles. The van der Waals surface area contributed by atoms with Crippen molar-refractivity contribution in [3.05, 3.63) is 89.1 Å². The molecule has 0 aliphatic heterocycles. The van der Waals surface area contributed by atoms with Gasteiger partial charge in [-0.25, -0.2) is 0 Å². The van der Waals surface area contributed by atoms with Gasteiger partial charge in [-0.3, -0.25) is 4.98 Å². The summed E-state index contributed by atoms with van der Waals surface area (Å²) in [4.78, 5) is 4.45. The van der Waals surface area contributed by atoms with Gasteiger partial charge in [-0.1, -0.05) is 56.9 Å². The molecule has 0 radical (unpaired) electrons. The molecule has 1 heterocycles. The van der Waals surface area contributed by atoms with E-state index in [0.717, 1.165) is 22.4 Å². The minimum Gasteiger partial charge on any atom is -0.256 e. The predicted octanol–water partition coefficient (Wildman–Crippen LogP) is 5.75. The topological polar surface area (TPSA) is 12.9 Å². The molecule has 0 fully saturated rings. The first-order valence-corrected chi connectivity index (χ1v) is 8.57. The van der Waals surface area contributed by atoms with Crippen molar-refractivity contribution in [3.8, 4) is 23.1 Å². The zero-order chi connectivity index (χ0) is 17.9. The molecule has 1 heteroatoms. The largest absolute Gasteiger partial charge is 0.256 e. The molecule has 0 saturated carbocycles. The number of benzene rings is 2. The first-order valence-electron chi connectivity index (χ1n) is 8.57. The number of nitrogens with zero attached hydrogens (tertiary/aromatic N) is 1. The summed E-state index contributed by atoms with van der Waals surface area (Å²) in [5, 5.41) is 0. The minimum absolute atomic E-state index is 0.168. The molecule has 0 aliphatic carbocycles. The molecule has 2 aromatic carbocycles. The zero-order valence-corrected chi connectivity index (χ0v) is 15.3. The summed E-state index contributed by atoms with van der Waals surface area (Å²) < 4.78 is 0. The Kier molecular flexibility index (Phi) is 4.72. The fourth-order valence-corrected chi connectivity index (χ4v) is 2.65. The van der Waals surface area contributed by atoms with Gasteiger partial charge in [0, 0.05) is 22.9 Å². The average Bonchev–Trinajstić information content (AvgIpc) is 2.60. The van der Waals surface area contributed by atoms with Gasteiger partial charge in [-0.15, -0.1) is 0 Å². The van der Waals surface area contributed by atoms with Crippen LogP contribution in [0.5, 0.6) is 0 Å². The number of aryl methyl sites for hydroxylation is 1. The van der Waals surface area contributed by atoms with E-state index in [-0.39, 0.29) is 5.41 Å². The lowest BCUT2D eigenvalue weighted by molar-refractivity contribution is 0.590. The molecular formula is C24H23N. The predicted molar refractivity (Wildman–Crippen MR) is 106 cm³/mol. The van der Waals surface area contributed by atoms with E-state index in [4.69, 9.17) is 0 Å². The van der Waals surface area contributed by atoms with Crippen molar-refractivity contribution in [1.82, 2.24) is 4.98 Å². The molecule has 3 aromatic rings. The van der Waals surface area contributed by atoms with Crippen molar-refractivity contribution in [1.29, 1.82) is 0 Å². The van der Waals surface area contributed by atoms with Gasteiger partial charge in [-0.05, 0) is 59.9 Å². The van der Waals surface area contributed by atoms with Crippen LogP contribution in [0.2, 0.25) is 0 Å². The summed E-state index contributed by atoms with van der Waals surface area (Å²) in [5.74, 6) is 6.53. The van der Waals surface area contributed by atoms with Crippen LogP contribution in [0.1, 0.15) is 43.0 Å². The van der Waals surface area contributed by atoms with Crippen LogP contribution in [0.15, 0.2) is 66.9 Å². The highest BCUT2D eigenvalue weighted by atomic mass is 14.7. The number of pyridine rings is 1. The number of hydrogen-bond donors (Lipinski definition) is 0. The van der Waals surface area contributed by atoms with Gasteiger partial charge in [0.05, 0.1) is 5.69 Å². The first kappa shape index (κ1) is 17.0. The standard InChI is InChI=1S/C24H23N/c1-18-14-15-25-23(16-18)21-7-5-6-20(17-21)9-8-19-10-12-22(13-11-19)24(2,3)4/h5-7,10-17H,1-4H3. The SMILES string of the molecule is Cc1ccnc(-c2cccc(C#Cc3ccc(C(C)(C)C)cc3)c2)c1. The Hall–Kier alpha value is -2.85. The third kappa shape index (κ3) is 4.37. The van der Waals surface area contributed by atoms with Gasteiger partial charge in [0.2, 0.25) is 0 Å². The third-order valence-corrected chi connectivity index (χ3v) is 4.18. The monoisotopic (exact) mass is 325 g/mol. The van der Waals surface area contributed by atoms with Gasteiger partial charge in [0.15, 0.2) is 0 Å². The summed E-state index contributed by atoms with van der Waals surface area (Å²) in [6.07, 6.45) is 1.85. The lowest BCUT2D eigenvalue weighted by atomic mass is 9.87. The van der Waals surface area contributed by atoms with E-state index < -0.39 is 0 Å². The van der Waals surface area contributed by atoms with Crippen molar-refractivity contribution in [2.45, 2.75) is 33.1 Å². The van der Waals surface area contributed by atoms with Crippen LogP contribution in [-0.2, 0) is 5.41 Å². The van der Waals surface area contributed by atoms with Gasteiger partial charge in [-0.2, -0.15) is 0 Å². The summed E-state index contributed by atoms with van der Waals surface area (Å²) >= 11 is 0. The van der Waals surface area contributed by atoms with Gasteiger partial charge >= 0.3 is 0 Å². The molecule has 1 nitrogen and oxygen atoms in total. The molecule has 0 spiro atoms. The smallest absolute Gasteiger partial charge is 0.0705 e. The Labute approximate surface area is 150 Å². The van der Waals surface area contributed by atoms with Crippen LogP contribution in [-0.4, -0.2) is 4.98 Å². The van der Waals surface area contributed by atoms with Crippen molar-refractivity contribution in [2.24, 2.45) is 0 Å². The second-order valence-electron chi connectivity index (χ2n) is 7.38. The van der Waals surface area contributed by atoms with Crippen LogP contribution >= 0.6 is 0 Å². The van der Waals surface area contributed by atoms with Crippen LogP contribution < -0.4 is 0 Å². The Bertz CT molecular complexity index is 932. The highest BCUT2D eigenvalue weighted by molar-refractivity contribution is 5.62. The maximum absolute atomic E-state index is 4.45. The molecule has 0 atom stereocenters. The molecule has 0 unspecified atom stereocenters. The molecule has 0 bridgehead atoms. The maximum Gasteiger partial charge on any atom is 0.0705 e. The summed E-state index contributed by atoms with van der Waals surface area (Å²) in [7, 11) is 0. The number of rotatable bonds is 1. The van der Waals surface area contributed by atoms with Crippen molar-refractivity contribution in [3.63, 3.8) is 0 Å². The van der Waals surface area contributed by atoms with Crippen LogP contribution in [0.4, 0.5) is 0 Å². The van der Waals surface area contributed by atoms with E-state index in [0.29, 0.717) is 0 Å². The van der Waals surface area contributed by atoms with E-state index in [9.17, 15) is 0 Å². The van der Waals surface area contributed by atoms with Crippen LogP contribution in [0, 0.1) is 18.8 Å². The van der Waals surface area contributed by atoms with E-state index >= 15 is 0 Å². The second-order valence-corrected chi connectivity index (χ2v) is 7.38. The second kappa shape index (κ2) is 6.95. The highest BCUT2D eigenvalue weighted by Gasteiger charge is 2.12. The molecule has 0 amide bonds. The lowest BCUT2D eigenvalue weighted by Gasteiger charge is -2.18. The quantitative estimate of drug-likeness (QED) is 0.519. The fraction of sp³-hybridized carbons (Fsp3) is 0.208. The molecular weight excluding hydrogens is 302 g/mol. The Balaban J connectivity index is 1.85. The summed E-state index contributed by atoms with van der Waals surface area (Å²) in [6, 6.07) is 20.9. The Morgan fingerprint density at radius 3 is 2.20 bits per heavy atom. The molecule has 0 N–H and O–H groups in total. The van der Waals surface area contributed by atoms with E-state index in [1.165, 1.54) is 11.1 Å². The Morgan fingerprint density at radius 1 is 0.800 bits per heavy atom.